The maximum absolute atomic E-state index is 12.8. The van der Waals surface area contributed by atoms with E-state index in [1.54, 1.807) is 30.5 Å². The van der Waals surface area contributed by atoms with E-state index in [2.05, 4.69) is 14.8 Å². The molecule has 1 amide bonds. The molecule has 0 radical (unpaired) electrons. The fraction of sp³-hybridized carbons (Fsp3) is 0.333. The minimum Gasteiger partial charge on any atom is -0.390 e. The highest BCUT2D eigenvalue weighted by molar-refractivity contribution is 6.31. The third-order valence-corrected chi connectivity index (χ3v) is 6.91. The number of piperazine rings is 1. The molecule has 0 unspecified atom stereocenters. The third-order valence-electron chi connectivity index (χ3n) is 6.43. The highest BCUT2D eigenvalue weighted by Crippen LogP contribution is 2.30. The predicted molar refractivity (Wildman–Crippen MR) is 128 cm³/mol. The fourth-order valence-electron chi connectivity index (χ4n) is 4.72. The standard InChI is InChI=1S/C24H24Cl2N4O2/c25-18-3-1-16(2-4-18)24(32)29-11-9-28(10-12-29)21-14-30(15-22(21)31)23-20-6-5-19(26)13-17(20)7-8-27-23/h1-8,13,21-22,31H,9-12,14-15H2/t21-,22-/m1/s1. The number of hydrogen-bond donors (Lipinski definition) is 1. The number of pyridine rings is 1. The van der Waals surface area contributed by atoms with Gasteiger partial charge in [-0.3, -0.25) is 9.69 Å². The Morgan fingerprint density at radius 3 is 2.41 bits per heavy atom. The number of β-amino-alcohol motifs (C(OH)–C–C–N with tert-alkyl or cyclic N) is 1. The van der Waals surface area contributed by atoms with Crippen LogP contribution in [0.5, 0.6) is 0 Å². The van der Waals surface area contributed by atoms with Gasteiger partial charge in [0.05, 0.1) is 12.1 Å². The van der Waals surface area contributed by atoms with Crippen LogP contribution in [0, 0.1) is 0 Å². The van der Waals surface area contributed by atoms with Crippen LogP contribution in [0.1, 0.15) is 10.4 Å². The quantitative estimate of drug-likeness (QED) is 0.634. The van der Waals surface area contributed by atoms with E-state index in [0.29, 0.717) is 41.8 Å². The van der Waals surface area contributed by atoms with Crippen molar-refractivity contribution in [3.8, 4) is 0 Å². The second-order valence-electron chi connectivity index (χ2n) is 8.37. The number of nitrogens with zero attached hydrogens (tertiary/aromatic N) is 4. The van der Waals surface area contributed by atoms with Gasteiger partial charge in [0.15, 0.2) is 0 Å². The van der Waals surface area contributed by atoms with E-state index in [9.17, 15) is 9.90 Å². The largest absolute Gasteiger partial charge is 0.390 e. The Balaban J connectivity index is 1.25. The zero-order valence-electron chi connectivity index (χ0n) is 17.5. The highest BCUT2D eigenvalue weighted by atomic mass is 35.5. The zero-order chi connectivity index (χ0) is 22.2. The summed E-state index contributed by atoms with van der Waals surface area (Å²) in [4.78, 5) is 23.7. The van der Waals surface area contributed by atoms with Gasteiger partial charge in [0.1, 0.15) is 5.82 Å². The second kappa shape index (κ2) is 8.87. The summed E-state index contributed by atoms with van der Waals surface area (Å²) in [5, 5.41) is 14.2. The molecule has 2 saturated heterocycles. The van der Waals surface area contributed by atoms with Gasteiger partial charge in [0.25, 0.3) is 5.91 Å². The molecule has 2 atom stereocenters. The monoisotopic (exact) mass is 470 g/mol. The van der Waals surface area contributed by atoms with Crippen molar-refractivity contribution in [3.63, 3.8) is 0 Å². The summed E-state index contributed by atoms with van der Waals surface area (Å²) in [5.74, 6) is 0.894. The molecule has 1 aromatic heterocycles. The van der Waals surface area contributed by atoms with E-state index in [1.807, 2.05) is 29.2 Å². The molecule has 0 spiro atoms. The van der Waals surface area contributed by atoms with E-state index in [4.69, 9.17) is 23.2 Å². The van der Waals surface area contributed by atoms with Gasteiger partial charge in [-0.2, -0.15) is 0 Å². The lowest BCUT2D eigenvalue weighted by Crippen LogP contribution is -2.54. The number of fused-ring (bicyclic) bond motifs is 1. The summed E-state index contributed by atoms with van der Waals surface area (Å²) in [6.45, 7) is 3.96. The van der Waals surface area contributed by atoms with Crippen molar-refractivity contribution in [3.05, 3.63) is 70.3 Å². The molecule has 3 aromatic rings. The number of benzene rings is 2. The van der Waals surface area contributed by atoms with E-state index in [-0.39, 0.29) is 11.9 Å². The zero-order valence-corrected chi connectivity index (χ0v) is 19.0. The van der Waals surface area contributed by atoms with Crippen molar-refractivity contribution in [1.29, 1.82) is 0 Å². The summed E-state index contributed by atoms with van der Waals surface area (Å²) in [6, 6.07) is 14.8. The first kappa shape index (κ1) is 21.5. The lowest BCUT2D eigenvalue weighted by molar-refractivity contribution is 0.0376. The molecular formula is C24H24Cl2N4O2. The molecule has 166 valence electrons. The van der Waals surface area contributed by atoms with E-state index < -0.39 is 6.10 Å². The maximum Gasteiger partial charge on any atom is 0.253 e. The minimum absolute atomic E-state index is 0.00661. The molecule has 2 aromatic carbocycles. The van der Waals surface area contributed by atoms with Crippen molar-refractivity contribution in [2.75, 3.05) is 44.2 Å². The molecule has 2 aliphatic heterocycles. The van der Waals surface area contributed by atoms with Crippen molar-refractivity contribution >= 4 is 45.7 Å². The second-order valence-corrected chi connectivity index (χ2v) is 9.25. The van der Waals surface area contributed by atoms with Gasteiger partial charge >= 0.3 is 0 Å². The molecule has 8 heteroatoms. The first-order chi connectivity index (χ1) is 15.5. The van der Waals surface area contributed by atoms with Crippen LogP contribution in [0.3, 0.4) is 0 Å². The van der Waals surface area contributed by atoms with Gasteiger partial charge in [-0.25, -0.2) is 4.98 Å². The average Bonchev–Trinajstić information content (AvgIpc) is 3.20. The number of anilines is 1. The molecule has 0 bridgehead atoms. The fourth-order valence-corrected chi connectivity index (χ4v) is 5.02. The SMILES string of the molecule is O=C(c1ccc(Cl)cc1)N1CCN([C@@H]2CN(c3nccc4cc(Cl)ccc34)C[C@H]2O)CC1. The Labute approximate surface area is 197 Å². The molecule has 32 heavy (non-hydrogen) atoms. The van der Waals surface area contributed by atoms with Crippen LogP contribution in [-0.4, -0.2) is 77.2 Å². The van der Waals surface area contributed by atoms with Crippen LogP contribution in [0.15, 0.2) is 54.7 Å². The van der Waals surface area contributed by atoms with Gasteiger partial charge in [0.2, 0.25) is 0 Å². The van der Waals surface area contributed by atoms with Crippen LogP contribution in [0.4, 0.5) is 5.82 Å². The number of aliphatic hydroxyl groups is 1. The number of hydrogen-bond acceptors (Lipinski definition) is 5. The Hall–Kier alpha value is -2.38. The molecule has 0 aliphatic carbocycles. The van der Waals surface area contributed by atoms with Gasteiger partial charge in [-0.1, -0.05) is 23.2 Å². The first-order valence-corrected chi connectivity index (χ1v) is 11.5. The van der Waals surface area contributed by atoms with E-state index in [1.165, 1.54) is 0 Å². The van der Waals surface area contributed by atoms with Crippen LogP contribution < -0.4 is 4.90 Å². The summed E-state index contributed by atoms with van der Waals surface area (Å²) in [6.07, 6.45) is 1.31. The number of aromatic nitrogens is 1. The smallest absolute Gasteiger partial charge is 0.253 e. The molecule has 3 heterocycles. The number of rotatable bonds is 3. The first-order valence-electron chi connectivity index (χ1n) is 10.8. The Morgan fingerprint density at radius 2 is 1.66 bits per heavy atom. The molecule has 1 N–H and O–H groups in total. The minimum atomic E-state index is -0.474. The van der Waals surface area contributed by atoms with Crippen molar-refractivity contribution < 1.29 is 9.90 Å². The van der Waals surface area contributed by atoms with Crippen molar-refractivity contribution in [2.24, 2.45) is 0 Å². The van der Waals surface area contributed by atoms with E-state index in [0.717, 1.165) is 29.7 Å². The van der Waals surface area contributed by atoms with Gasteiger partial charge in [-0.05, 0) is 53.9 Å². The summed E-state index contributed by atoms with van der Waals surface area (Å²) in [7, 11) is 0. The average molecular weight is 471 g/mol. The highest BCUT2D eigenvalue weighted by Gasteiger charge is 2.38. The summed E-state index contributed by atoms with van der Waals surface area (Å²) < 4.78 is 0. The van der Waals surface area contributed by atoms with Crippen LogP contribution in [0.25, 0.3) is 10.8 Å². The number of amides is 1. The number of halogens is 2. The van der Waals surface area contributed by atoms with Crippen LogP contribution >= 0.6 is 23.2 Å². The number of carbonyl (C=O) groups is 1. The summed E-state index contributed by atoms with van der Waals surface area (Å²) in [5.41, 5.74) is 0.650. The maximum atomic E-state index is 12.8. The molecule has 6 nitrogen and oxygen atoms in total. The molecule has 2 fully saturated rings. The Kier molecular flexibility index (Phi) is 5.95. The van der Waals surface area contributed by atoms with Crippen LogP contribution in [0.2, 0.25) is 10.0 Å². The molecule has 0 saturated carbocycles. The van der Waals surface area contributed by atoms with Gasteiger partial charge < -0.3 is 14.9 Å². The normalized spacial score (nSPS) is 22.0. The van der Waals surface area contributed by atoms with Crippen LogP contribution in [-0.2, 0) is 0 Å². The van der Waals surface area contributed by atoms with Crippen molar-refractivity contribution in [1.82, 2.24) is 14.8 Å². The Bertz CT molecular complexity index is 1130. The van der Waals surface area contributed by atoms with Gasteiger partial charge in [0, 0.05) is 66.5 Å². The predicted octanol–water partition coefficient (Wildman–Crippen LogP) is 3.55. The number of aliphatic hydroxyl groups excluding tert-OH is 1. The van der Waals surface area contributed by atoms with Gasteiger partial charge in [-0.15, -0.1) is 0 Å². The number of carbonyl (C=O) groups excluding carboxylic acids is 1. The molecule has 5 rings (SSSR count). The Morgan fingerprint density at radius 1 is 0.938 bits per heavy atom. The lowest BCUT2D eigenvalue weighted by atomic mass is 10.1. The topological polar surface area (TPSA) is 59.9 Å². The summed E-state index contributed by atoms with van der Waals surface area (Å²) >= 11 is 12.1. The van der Waals surface area contributed by atoms with Crippen molar-refractivity contribution in [2.45, 2.75) is 12.1 Å². The third kappa shape index (κ3) is 4.16. The molecular weight excluding hydrogens is 447 g/mol. The lowest BCUT2D eigenvalue weighted by Gasteiger charge is -2.38. The molecule has 2 aliphatic rings. The van der Waals surface area contributed by atoms with E-state index >= 15 is 0 Å².